The quantitative estimate of drug-likeness (QED) is 0.758. The van der Waals surface area contributed by atoms with Crippen molar-refractivity contribution < 1.29 is 18.3 Å². The van der Waals surface area contributed by atoms with Gasteiger partial charge in [-0.3, -0.25) is 0 Å². The molecule has 0 amide bonds. The van der Waals surface area contributed by atoms with Gasteiger partial charge in [-0.25, -0.2) is 13.6 Å². The molecule has 0 spiro atoms. The van der Waals surface area contributed by atoms with E-state index in [-0.39, 0.29) is 5.97 Å². The number of cyclic esters (lactones) is 1. The number of carbonyl (C=O) groups excluding carboxylic acids is 1. The SMILES string of the molecule is O=C1OCc2cc3c(cc21)CN(c1ccc(F)c(F)c1)CC3. The molecule has 5 heteroatoms. The maximum absolute atomic E-state index is 13.4. The molecule has 112 valence electrons. The summed E-state index contributed by atoms with van der Waals surface area (Å²) in [4.78, 5) is 13.6. The van der Waals surface area contributed by atoms with Crippen LogP contribution >= 0.6 is 0 Å². The summed E-state index contributed by atoms with van der Waals surface area (Å²) in [5.74, 6) is -1.98. The van der Waals surface area contributed by atoms with E-state index >= 15 is 0 Å². The molecule has 2 aromatic rings. The van der Waals surface area contributed by atoms with Crippen LogP contribution in [-0.4, -0.2) is 12.5 Å². The lowest BCUT2D eigenvalue weighted by atomic mass is 9.94. The lowest BCUT2D eigenvalue weighted by Crippen LogP contribution is -2.30. The van der Waals surface area contributed by atoms with Gasteiger partial charge in [-0.1, -0.05) is 6.07 Å². The molecule has 0 N–H and O–H groups in total. The molecule has 0 aromatic heterocycles. The van der Waals surface area contributed by atoms with Crippen LogP contribution in [0.15, 0.2) is 30.3 Å². The smallest absolute Gasteiger partial charge is 0.338 e. The highest BCUT2D eigenvalue weighted by Crippen LogP contribution is 2.30. The number of benzene rings is 2. The van der Waals surface area contributed by atoms with Gasteiger partial charge >= 0.3 is 5.97 Å². The molecule has 0 atom stereocenters. The van der Waals surface area contributed by atoms with E-state index in [9.17, 15) is 13.6 Å². The fourth-order valence-electron chi connectivity index (χ4n) is 3.09. The summed E-state index contributed by atoms with van der Waals surface area (Å²) in [5.41, 5.74) is 4.42. The van der Waals surface area contributed by atoms with Gasteiger partial charge in [0.2, 0.25) is 0 Å². The number of ether oxygens (including phenoxy) is 1. The number of hydrogen-bond donors (Lipinski definition) is 0. The van der Waals surface area contributed by atoms with Gasteiger partial charge in [0.15, 0.2) is 11.6 Å². The van der Waals surface area contributed by atoms with E-state index in [2.05, 4.69) is 0 Å². The van der Waals surface area contributed by atoms with E-state index in [1.54, 1.807) is 6.07 Å². The highest BCUT2D eigenvalue weighted by atomic mass is 19.2. The van der Waals surface area contributed by atoms with Gasteiger partial charge in [0.25, 0.3) is 0 Å². The molecular formula is C17H13F2NO2. The van der Waals surface area contributed by atoms with E-state index in [0.29, 0.717) is 24.4 Å². The number of carbonyl (C=O) groups is 1. The molecule has 0 unspecified atom stereocenters. The molecule has 0 radical (unpaired) electrons. The van der Waals surface area contributed by atoms with E-state index < -0.39 is 11.6 Å². The second-order valence-electron chi connectivity index (χ2n) is 5.62. The monoisotopic (exact) mass is 301 g/mol. The molecule has 22 heavy (non-hydrogen) atoms. The topological polar surface area (TPSA) is 29.5 Å². The lowest BCUT2D eigenvalue weighted by Gasteiger charge is -2.31. The van der Waals surface area contributed by atoms with Crippen molar-refractivity contribution in [2.24, 2.45) is 0 Å². The number of hydrogen-bond acceptors (Lipinski definition) is 3. The molecular weight excluding hydrogens is 288 g/mol. The standard InChI is InChI=1S/C17H13F2NO2/c18-15-2-1-13(7-16(15)19)20-4-3-10-5-12-9-22-17(21)14(12)6-11(10)8-20/h1-2,5-7H,3-4,8-9H2. The summed E-state index contributed by atoms with van der Waals surface area (Å²) >= 11 is 0. The van der Waals surface area contributed by atoms with Crippen molar-refractivity contribution in [1.29, 1.82) is 0 Å². The fraction of sp³-hybridized carbons (Fsp3) is 0.235. The molecule has 0 bridgehead atoms. The Bertz CT molecular complexity index is 788. The normalized spacial score (nSPS) is 16.3. The van der Waals surface area contributed by atoms with Gasteiger partial charge in [-0.15, -0.1) is 0 Å². The maximum Gasteiger partial charge on any atom is 0.338 e. The van der Waals surface area contributed by atoms with Crippen molar-refractivity contribution in [3.63, 3.8) is 0 Å². The van der Waals surface area contributed by atoms with E-state index in [0.717, 1.165) is 30.2 Å². The van der Waals surface area contributed by atoms with Crippen LogP contribution in [0.1, 0.15) is 27.0 Å². The third-order valence-corrected chi connectivity index (χ3v) is 4.28. The number of esters is 1. The number of halogens is 2. The van der Waals surface area contributed by atoms with E-state index in [1.165, 1.54) is 11.6 Å². The van der Waals surface area contributed by atoms with E-state index in [1.807, 2.05) is 17.0 Å². The highest BCUT2D eigenvalue weighted by Gasteiger charge is 2.26. The van der Waals surface area contributed by atoms with Crippen LogP contribution in [0.5, 0.6) is 0 Å². The first kappa shape index (κ1) is 13.2. The average molecular weight is 301 g/mol. The number of anilines is 1. The molecule has 2 aromatic carbocycles. The molecule has 3 nitrogen and oxygen atoms in total. The van der Waals surface area contributed by atoms with Crippen molar-refractivity contribution in [2.45, 2.75) is 19.6 Å². The van der Waals surface area contributed by atoms with Gasteiger partial charge in [-0.05, 0) is 35.7 Å². The van der Waals surface area contributed by atoms with Crippen LogP contribution < -0.4 is 4.90 Å². The second-order valence-corrected chi connectivity index (χ2v) is 5.62. The van der Waals surface area contributed by atoms with Crippen LogP contribution in [0.25, 0.3) is 0 Å². The van der Waals surface area contributed by atoms with E-state index in [4.69, 9.17) is 4.74 Å². The van der Waals surface area contributed by atoms with Crippen LogP contribution in [0.3, 0.4) is 0 Å². The summed E-state index contributed by atoms with van der Waals surface area (Å²) in [6.45, 7) is 1.64. The summed E-state index contributed by atoms with van der Waals surface area (Å²) in [6, 6.07) is 7.82. The Balaban J connectivity index is 1.67. The second kappa shape index (κ2) is 4.80. The number of fused-ring (bicyclic) bond motifs is 2. The first-order valence-corrected chi connectivity index (χ1v) is 7.13. The summed E-state index contributed by atoms with van der Waals surface area (Å²) in [5, 5.41) is 0. The molecule has 0 saturated heterocycles. The van der Waals surface area contributed by atoms with Crippen LogP contribution in [-0.2, 0) is 24.3 Å². The van der Waals surface area contributed by atoms with Crippen molar-refractivity contribution in [1.82, 2.24) is 0 Å². The third kappa shape index (κ3) is 2.04. The number of rotatable bonds is 1. The first-order chi connectivity index (χ1) is 10.6. The van der Waals surface area contributed by atoms with Gasteiger partial charge in [0.05, 0.1) is 5.56 Å². The van der Waals surface area contributed by atoms with Crippen molar-refractivity contribution >= 4 is 11.7 Å². The van der Waals surface area contributed by atoms with Crippen molar-refractivity contribution in [3.05, 3.63) is 64.2 Å². The predicted molar refractivity (Wildman–Crippen MR) is 76.7 cm³/mol. The lowest BCUT2D eigenvalue weighted by molar-refractivity contribution is 0.0535. The summed E-state index contributed by atoms with van der Waals surface area (Å²) in [7, 11) is 0. The number of nitrogens with zero attached hydrogens (tertiary/aromatic N) is 1. The molecule has 0 saturated carbocycles. The zero-order valence-electron chi connectivity index (χ0n) is 11.7. The molecule has 0 fully saturated rings. The third-order valence-electron chi connectivity index (χ3n) is 4.28. The summed E-state index contributed by atoms with van der Waals surface area (Å²) < 4.78 is 31.5. The van der Waals surface area contributed by atoms with Gasteiger partial charge in [0, 0.05) is 30.4 Å². The fourth-order valence-corrected chi connectivity index (χ4v) is 3.09. The predicted octanol–water partition coefficient (Wildman–Crippen LogP) is 3.20. The summed E-state index contributed by atoms with van der Waals surface area (Å²) in [6.07, 6.45) is 0.801. The molecule has 2 aliphatic rings. The van der Waals surface area contributed by atoms with Gasteiger partial charge in [-0.2, -0.15) is 0 Å². The average Bonchev–Trinajstić information content (AvgIpc) is 2.88. The Morgan fingerprint density at radius 2 is 1.86 bits per heavy atom. The zero-order chi connectivity index (χ0) is 15.3. The first-order valence-electron chi connectivity index (χ1n) is 7.13. The minimum absolute atomic E-state index is 0.289. The minimum atomic E-state index is -0.846. The van der Waals surface area contributed by atoms with Crippen LogP contribution in [0, 0.1) is 11.6 Å². The largest absolute Gasteiger partial charge is 0.457 e. The minimum Gasteiger partial charge on any atom is -0.457 e. The molecule has 0 aliphatic carbocycles. The maximum atomic E-state index is 13.4. The Morgan fingerprint density at radius 3 is 2.68 bits per heavy atom. The molecule has 2 aliphatic heterocycles. The van der Waals surface area contributed by atoms with Gasteiger partial charge in [0.1, 0.15) is 6.61 Å². The van der Waals surface area contributed by atoms with Crippen LogP contribution in [0.4, 0.5) is 14.5 Å². The Hall–Kier alpha value is -2.43. The van der Waals surface area contributed by atoms with Crippen molar-refractivity contribution in [2.75, 3.05) is 11.4 Å². The Kier molecular flexibility index (Phi) is 2.89. The van der Waals surface area contributed by atoms with Crippen LogP contribution in [0.2, 0.25) is 0 Å². The highest BCUT2D eigenvalue weighted by molar-refractivity contribution is 5.93. The van der Waals surface area contributed by atoms with Crippen molar-refractivity contribution in [3.8, 4) is 0 Å². The zero-order valence-corrected chi connectivity index (χ0v) is 11.7. The van der Waals surface area contributed by atoms with Gasteiger partial charge < -0.3 is 9.64 Å². The molecule has 4 rings (SSSR count). The Labute approximate surface area is 126 Å². The molecule has 2 heterocycles. The Morgan fingerprint density at radius 1 is 1.00 bits per heavy atom.